The lowest BCUT2D eigenvalue weighted by molar-refractivity contribution is -0.577. The number of nitro groups is 1. The standard InChI is InChI=1S/C26H27N3O3S/c1-17-6-9-21(16-18(17)2)27-25(33)23(28-14-12-20(13-15-28)26(3,4)5)24(30)19-7-10-22(11-8-19)29(31)32/h6-16H,1-5H3,(H-,27,30,33). The highest BCUT2D eigenvalue weighted by molar-refractivity contribution is 7.81. The van der Waals surface area contributed by atoms with Crippen molar-refractivity contribution >= 4 is 40.0 Å². The third-order valence-electron chi connectivity index (χ3n) is 5.49. The molecule has 0 spiro atoms. The normalized spacial score (nSPS) is 12.2. The van der Waals surface area contributed by atoms with Crippen LogP contribution in [-0.4, -0.2) is 9.91 Å². The largest absolute Gasteiger partial charge is 0.867 e. The first-order chi connectivity index (χ1) is 15.5. The molecule has 0 fully saturated rings. The van der Waals surface area contributed by atoms with Crippen LogP contribution in [0.1, 0.15) is 43.0 Å². The third kappa shape index (κ3) is 5.62. The summed E-state index contributed by atoms with van der Waals surface area (Å²) in [6.45, 7) is 10.4. The summed E-state index contributed by atoms with van der Waals surface area (Å²) in [5.74, 6) is -0.334. The van der Waals surface area contributed by atoms with E-state index in [1.54, 1.807) is 4.57 Å². The van der Waals surface area contributed by atoms with Crippen LogP contribution >= 0.6 is 12.2 Å². The number of non-ortho nitro benzene ring substituents is 1. The second-order valence-electron chi connectivity index (χ2n) is 8.98. The van der Waals surface area contributed by atoms with Crippen molar-refractivity contribution in [2.75, 3.05) is 5.32 Å². The molecule has 0 amide bonds. The van der Waals surface area contributed by atoms with E-state index in [1.807, 2.05) is 56.6 Å². The van der Waals surface area contributed by atoms with Crippen molar-refractivity contribution in [2.24, 2.45) is 0 Å². The van der Waals surface area contributed by atoms with Crippen LogP contribution in [0.2, 0.25) is 0 Å². The minimum atomic E-state index is -0.495. The van der Waals surface area contributed by atoms with Crippen molar-refractivity contribution in [1.82, 2.24) is 0 Å². The summed E-state index contributed by atoms with van der Waals surface area (Å²) in [7, 11) is 0. The number of rotatable bonds is 5. The monoisotopic (exact) mass is 461 g/mol. The number of thiocarbonyl (C=S) groups is 1. The maximum atomic E-state index is 13.5. The van der Waals surface area contributed by atoms with Crippen molar-refractivity contribution in [2.45, 2.75) is 40.0 Å². The molecule has 0 saturated heterocycles. The predicted molar refractivity (Wildman–Crippen MR) is 134 cm³/mol. The summed E-state index contributed by atoms with van der Waals surface area (Å²) < 4.78 is 1.69. The highest BCUT2D eigenvalue weighted by atomic mass is 32.1. The summed E-state index contributed by atoms with van der Waals surface area (Å²) in [5, 5.41) is 27.7. The van der Waals surface area contributed by atoms with Crippen molar-refractivity contribution in [1.29, 1.82) is 0 Å². The van der Waals surface area contributed by atoms with Gasteiger partial charge in [-0.3, -0.25) is 10.1 Å². The molecule has 0 aliphatic rings. The quantitative estimate of drug-likeness (QED) is 0.146. The average Bonchev–Trinajstić information content (AvgIpc) is 2.76. The van der Waals surface area contributed by atoms with Crippen molar-refractivity contribution in [3.05, 3.63) is 99.4 Å². The number of aromatic nitrogens is 1. The first-order valence-electron chi connectivity index (χ1n) is 10.5. The predicted octanol–water partition coefficient (Wildman–Crippen LogP) is 4.92. The van der Waals surface area contributed by atoms with Gasteiger partial charge in [-0.05, 0) is 71.5 Å². The Labute approximate surface area is 199 Å². The number of nitrogens with zero attached hydrogens (tertiary/aromatic N) is 2. The SMILES string of the molecule is Cc1ccc(NC(=S)/C(=C(\[O-])c2ccc([N+](=O)[O-])cc2)[n+]2ccc(C(C)(C)C)cc2)cc1C. The fourth-order valence-electron chi connectivity index (χ4n) is 3.29. The van der Waals surface area contributed by atoms with Crippen molar-refractivity contribution in [3.63, 3.8) is 0 Å². The van der Waals surface area contributed by atoms with Crippen LogP contribution < -0.4 is 15.0 Å². The fraction of sp³-hybridized carbons (Fsp3) is 0.231. The first-order valence-corrected chi connectivity index (χ1v) is 10.9. The summed E-state index contributed by atoms with van der Waals surface area (Å²) in [6, 6.07) is 15.3. The third-order valence-corrected chi connectivity index (χ3v) is 5.78. The topological polar surface area (TPSA) is 82.1 Å². The van der Waals surface area contributed by atoms with E-state index in [4.69, 9.17) is 12.2 Å². The highest BCUT2D eigenvalue weighted by Crippen LogP contribution is 2.23. The zero-order valence-electron chi connectivity index (χ0n) is 19.4. The Balaban J connectivity index is 2.08. The van der Waals surface area contributed by atoms with Crippen LogP contribution in [-0.2, 0) is 5.41 Å². The number of hydrogen-bond donors (Lipinski definition) is 1. The number of benzene rings is 2. The van der Waals surface area contributed by atoms with Crippen LogP contribution in [0.3, 0.4) is 0 Å². The van der Waals surface area contributed by atoms with Gasteiger partial charge in [0.25, 0.3) is 5.69 Å². The number of pyridine rings is 1. The average molecular weight is 462 g/mol. The molecule has 0 bridgehead atoms. The van der Waals surface area contributed by atoms with Crippen LogP contribution in [0.5, 0.6) is 0 Å². The van der Waals surface area contributed by atoms with Gasteiger partial charge in [0.15, 0.2) is 17.4 Å². The van der Waals surface area contributed by atoms with Gasteiger partial charge in [-0.15, -0.1) is 0 Å². The number of anilines is 1. The molecule has 0 saturated carbocycles. The van der Waals surface area contributed by atoms with Crippen molar-refractivity contribution in [3.8, 4) is 0 Å². The number of nitro benzene ring substituents is 1. The molecular weight excluding hydrogens is 434 g/mol. The lowest BCUT2D eigenvalue weighted by Gasteiger charge is -2.19. The van der Waals surface area contributed by atoms with Crippen LogP contribution in [0, 0.1) is 24.0 Å². The molecule has 33 heavy (non-hydrogen) atoms. The van der Waals surface area contributed by atoms with Gasteiger partial charge in [-0.1, -0.05) is 39.1 Å². The maximum absolute atomic E-state index is 13.5. The van der Waals surface area contributed by atoms with E-state index < -0.39 is 4.92 Å². The Kier molecular flexibility index (Phi) is 6.93. The molecule has 0 aliphatic heterocycles. The van der Waals surface area contributed by atoms with Gasteiger partial charge in [-0.25, -0.2) is 0 Å². The molecule has 6 nitrogen and oxygen atoms in total. The maximum Gasteiger partial charge on any atom is 0.269 e. The summed E-state index contributed by atoms with van der Waals surface area (Å²) in [6.07, 6.45) is 3.63. The Hall–Kier alpha value is -3.58. The molecule has 2 aromatic carbocycles. The zero-order chi connectivity index (χ0) is 24.3. The molecule has 3 aromatic rings. The molecule has 0 atom stereocenters. The summed E-state index contributed by atoms with van der Waals surface area (Å²) >= 11 is 5.67. The molecule has 1 heterocycles. The molecule has 1 aromatic heterocycles. The van der Waals surface area contributed by atoms with Gasteiger partial charge >= 0.3 is 0 Å². The van der Waals surface area contributed by atoms with Gasteiger partial charge in [0.05, 0.1) is 4.92 Å². The number of nitrogens with one attached hydrogen (secondary N) is 1. The Morgan fingerprint density at radius 1 is 0.970 bits per heavy atom. The lowest BCUT2D eigenvalue weighted by Crippen LogP contribution is -2.40. The zero-order valence-corrected chi connectivity index (χ0v) is 20.2. The van der Waals surface area contributed by atoms with Gasteiger partial charge in [0.1, 0.15) is 0 Å². The van der Waals surface area contributed by atoms with E-state index in [0.29, 0.717) is 5.56 Å². The fourth-order valence-corrected chi connectivity index (χ4v) is 3.61. The highest BCUT2D eigenvalue weighted by Gasteiger charge is 2.21. The van der Waals surface area contributed by atoms with Crippen molar-refractivity contribution < 1.29 is 14.6 Å². The Bertz CT molecular complexity index is 1230. The van der Waals surface area contributed by atoms with Crippen LogP contribution in [0.25, 0.3) is 11.5 Å². The molecule has 0 radical (unpaired) electrons. The van der Waals surface area contributed by atoms with Gasteiger partial charge in [-0.2, -0.15) is 4.57 Å². The summed E-state index contributed by atoms with van der Waals surface area (Å²) in [5.41, 5.74) is 4.62. The van der Waals surface area contributed by atoms with E-state index in [9.17, 15) is 15.2 Å². The second-order valence-corrected chi connectivity index (χ2v) is 9.39. The number of hydrogen-bond acceptors (Lipinski definition) is 4. The molecule has 0 unspecified atom stereocenters. The molecule has 7 heteroatoms. The minimum absolute atomic E-state index is 0.0419. The molecule has 3 rings (SSSR count). The minimum Gasteiger partial charge on any atom is -0.867 e. The van der Waals surface area contributed by atoms with Crippen LogP contribution in [0.15, 0.2) is 67.0 Å². The molecule has 170 valence electrons. The smallest absolute Gasteiger partial charge is 0.269 e. The summed E-state index contributed by atoms with van der Waals surface area (Å²) in [4.78, 5) is 10.8. The second kappa shape index (κ2) is 9.50. The van der Waals surface area contributed by atoms with E-state index in [-0.39, 0.29) is 27.5 Å². The molecule has 1 N–H and O–H groups in total. The van der Waals surface area contributed by atoms with Crippen LogP contribution in [0.4, 0.5) is 11.4 Å². The Morgan fingerprint density at radius 2 is 1.58 bits per heavy atom. The van der Waals surface area contributed by atoms with E-state index >= 15 is 0 Å². The molecular formula is C26H27N3O3S. The Morgan fingerprint density at radius 3 is 2.09 bits per heavy atom. The molecule has 0 aliphatic carbocycles. The number of aryl methyl sites for hydroxylation is 2. The van der Waals surface area contributed by atoms with E-state index in [2.05, 4.69) is 26.1 Å². The van der Waals surface area contributed by atoms with E-state index in [0.717, 1.165) is 22.4 Å². The lowest BCUT2D eigenvalue weighted by atomic mass is 9.88. The van der Waals surface area contributed by atoms with Gasteiger partial charge in [0, 0.05) is 30.0 Å². The van der Waals surface area contributed by atoms with Gasteiger partial charge in [0.2, 0.25) is 5.70 Å². The van der Waals surface area contributed by atoms with E-state index in [1.165, 1.54) is 24.3 Å². The van der Waals surface area contributed by atoms with Gasteiger partial charge < -0.3 is 10.4 Å². The first kappa shape index (κ1) is 24.1.